The number of hydrogen-bond acceptors (Lipinski definition) is 2. The van der Waals surface area contributed by atoms with E-state index in [4.69, 9.17) is 4.74 Å². The van der Waals surface area contributed by atoms with Crippen molar-refractivity contribution in [3.05, 3.63) is 29.3 Å². The third kappa shape index (κ3) is 5.46. The van der Waals surface area contributed by atoms with Crippen LogP contribution in [0.4, 0.5) is 0 Å². The molecule has 0 heterocycles. The molecule has 1 rings (SSSR count). The van der Waals surface area contributed by atoms with Crippen LogP contribution in [0.3, 0.4) is 0 Å². The van der Waals surface area contributed by atoms with Gasteiger partial charge in [0.15, 0.2) is 0 Å². The molecule has 0 aliphatic heterocycles. The third-order valence-electron chi connectivity index (χ3n) is 2.91. The van der Waals surface area contributed by atoms with E-state index in [-0.39, 0.29) is 5.97 Å². The molecule has 0 atom stereocenters. The van der Waals surface area contributed by atoms with Crippen molar-refractivity contribution in [1.29, 1.82) is 0 Å². The molecular weight excluding hydrogens is 236 g/mol. The summed E-state index contributed by atoms with van der Waals surface area (Å²) >= 11 is 0. The number of carbonyl (C=O) groups is 1. The molecule has 0 aliphatic rings. The van der Waals surface area contributed by atoms with Gasteiger partial charge in [0, 0.05) is 6.42 Å². The topological polar surface area (TPSA) is 26.3 Å². The molecule has 2 heteroatoms. The van der Waals surface area contributed by atoms with Crippen LogP contribution in [0, 0.1) is 11.8 Å². The van der Waals surface area contributed by atoms with Crippen LogP contribution in [0.5, 0.6) is 5.75 Å². The van der Waals surface area contributed by atoms with Crippen molar-refractivity contribution < 1.29 is 9.53 Å². The first-order valence-electron chi connectivity index (χ1n) is 7.24. The molecule has 106 valence electrons. The number of esters is 1. The van der Waals surface area contributed by atoms with Gasteiger partial charge in [-0.1, -0.05) is 46.8 Å². The van der Waals surface area contributed by atoms with Gasteiger partial charge in [0.1, 0.15) is 5.75 Å². The molecule has 0 aromatic heterocycles. The van der Waals surface area contributed by atoms with E-state index in [1.54, 1.807) is 0 Å². The van der Waals surface area contributed by atoms with Crippen LogP contribution in [-0.4, -0.2) is 5.97 Å². The Bertz CT molecular complexity index is 419. The first-order chi connectivity index (χ1) is 8.92. The lowest BCUT2D eigenvalue weighted by Crippen LogP contribution is -2.09. The Morgan fingerprint density at radius 1 is 1.11 bits per heavy atom. The normalized spacial score (nSPS) is 11.1. The van der Waals surface area contributed by atoms with Crippen LogP contribution in [0.1, 0.15) is 52.2 Å². The monoisotopic (exact) mass is 262 g/mol. The van der Waals surface area contributed by atoms with Crippen LogP contribution in [0.25, 0.3) is 0 Å². The second kappa shape index (κ2) is 7.32. The Kier molecular flexibility index (Phi) is 6.07. The highest BCUT2D eigenvalue weighted by molar-refractivity contribution is 5.72. The first-order valence-corrected chi connectivity index (χ1v) is 7.24. The molecule has 0 N–H and O–H groups in total. The van der Waals surface area contributed by atoms with Gasteiger partial charge in [-0.05, 0) is 41.9 Å². The van der Waals surface area contributed by atoms with E-state index < -0.39 is 0 Å². The van der Waals surface area contributed by atoms with Crippen molar-refractivity contribution in [2.75, 3.05) is 0 Å². The van der Waals surface area contributed by atoms with E-state index >= 15 is 0 Å². The number of rotatable bonds is 6. The zero-order valence-corrected chi connectivity index (χ0v) is 12.8. The van der Waals surface area contributed by atoms with E-state index in [1.807, 2.05) is 13.0 Å². The highest BCUT2D eigenvalue weighted by Crippen LogP contribution is 2.25. The fraction of sp³-hybridized carbons (Fsp3) is 0.588. The zero-order chi connectivity index (χ0) is 14.4. The summed E-state index contributed by atoms with van der Waals surface area (Å²) in [5, 5.41) is 0. The Morgan fingerprint density at radius 2 is 1.74 bits per heavy atom. The quantitative estimate of drug-likeness (QED) is 0.561. The minimum Gasteiger partial charge on any atom is -0.426 e. The summed E-state index contributed by atoms with van der Waals surface area (Å²) in [5.41, 5.74) is 2.47. The van der Waals surface area contributed by atoms with Crippen molar-refractivity contribution >= 4 is 5.97 Å². The molecule has 0 unspecified atom stereocenters. The second-order valence-electron chi connectivity index (χ2n) is 5.97. The van der Waals surface area contributed by atoms with E-state index in [2.05, 4.69) is 39.8 Å². The predicted molar refractivity (Wildman–Crippen MR) is 79.5 cm³/mol. The third-order valence-corrected chi connectivity index (χ3v) is 2.91. The number of ether oxygens (including phenoxy) is 1. The van der Waals surface area contributed by atoms with Crippen LogP contribution in [0.15, 0.2) is 18.2 Å². The van der Waals surface area contributed by atoms with E-state index in [0.29, 0.717) is 18.3 Å². The van der Waals surface area contributed by atoms with Gasteiger partial charge in [-0.3, -0.25) is 4.79 Å². The Balaban J connectivity index is 2.98. The van der Waals surface area contributed by atoms with E-state index in [9.17, 15) is 4.79 Å². The van der Waals surface area contributed by atoms with Gasteiger partial charge in [-0.2, -0.15) is 0 Å². The minimum absolute atomic E-state index is 0.165. The Morgan fingerprint density at radius 3 is 2.26 bits per heavy atom. The average molecular weight is 262 g/mol. The van der Waals surface area contributed by atoms with Crippen molar-refractivity contribution in [3.8, 4) is 5.75 Å². The zero-order valence-electron chi connectivity index (χ0n) is 12.8. The minimum atomic E-state index is -0.165. The molecule has 0 saturated carbocycles. The first kappa shape index (κ1) is 15.7. The summed E-state index contributed by atoms with van der Waals surface area (Å²) in [6, 6.07) is 6.21. The van der Waals surface area contributed by atoms with Crippen LogP contribution in [-0.2, 0) is 17.6 Å². The van der Waals surface area contributed by atoms with E-state index in [1.165, 1.54) is 5.56 Å². The summed E-state index contributed by atoms with van der Waals surface area (Å²) in [6.07, 6.45) is 2.42. The highest BCUT2D eigenvalue weighted by atomic mass is 16.5. The standard InChI is InChI=1S/C17H26O2/c1-6-17(18)19-16-8-7-14(9-12(2)3)11-15(16)10-13(4)5/h7-8,11-13H,6,9-10H2,1-5H3. The van der Waals surface area contributed by atoms with Gasteiger partial charge in [0.05, 0.1) is 0 Å². The lowest BCUT2D eigenvalue weighted by molar-refractivity contribution is -0.134. The van der Waals surface area contributed by atoms with Crippen molar-refractivity contribution in [2.45, 2.75) is 53.9 Å². The maximum atomic E-state index is 11.5. The second-order valence-corrected chi connectivity index (χ2v) is 5.97. The maximum absolute atomic E-state index is 11.5. The van der Waals surface area contributed by atoms with Gasteiger partial charge < -0.3 is 4.74 Å². The number of carbonyl (C=O) groups excluding carboxylic acids is 1. The van der Waals surface area contributed by atoms with Gasteiger partial charge in [0.2, 0.25) is 0 Å². The molecule has 0 saturated heterocycles. The molecule has 0 amide bonds. The fourth-order valence-corrected chi connectivity index (χ4v) is 2.12. The van der Waals surface area contributed by atoms with Gasteiger partial charge in [-0.25, -0.2) is 0 Å². The molecule has 0 radical (unpaired) electrons. The summed E-state index contributed by atoms with van der Waals surface area (Å²) in [4.78, 5) is 11.5. The van der Waals surface area contributed by atoms with Gasteiger partial charge >= 0.3 is 5.97 Å². The van der Waals surface area contributed by atoms with Crippen molar-refractivity contribution in [2.24, 2.45) is 11.8 Å². The predicted octanol–water partition coefficient (Wildman–Crippen LogP) is 4.40. The van der Waals surface area contributed by atoms with E-state index in [0.717, 1.165) is 24.2 Å². The Hall–Kier alpha value is -1.31. The van der Waals surface area contributed by atoms with Crippen LogP contribution < -0.4 is 4.74 Å². The van der Waals surface area contributed by atoms with Crippen molar-refractivity contribution in [1.82, 2.24) is 0 Å². The molecule has 1 aromatic carbocycles. The molecule has 19 heavy (non-hydrogen) atoms. The summed E-state index contributed by atoms with van der Waals surface area (Å²) in [6.45, 7) is 10.6. The Labute approximate surface area is 117 Å². The molecule has 0 aliphatic carbocycles. The van der Waals surface area contributed by atoms with Gasteiger partial charge in [-0.15, -0.1) is 0 Å². The molecule has 1 aromatic rings. The highest BCUT2D eigenvalue weighted by Gasteiger charge is 2.11. The van der Waals surface area contributed by atoms with Crippen LogP contribution in [0.2, 0.25) is 0 Å². The summed E-state index contributed by atoms with van der Waals surface area (Å²) in [5.74, 6) is 1.75. The molecular formula is C17H26O2. The van der Waals surface area contributed by atoms with Crippen molar-refractivity contribution in [3.63, 3.8) is 0 Å². The molecule has 0 fully saturated rings. The lowest BCUT2D eigenvalue weighted by atomic mass is 9.96. The fourth-order valence-electron chi connectivity index (χ4n) is 2.12. The smallest absolute Gasteiger partial charge is 0.310 e. The maximum Gasteiger partial charge on any atom is 0.310 e. The average Bonchev–Trinajstić information content (AvgIpc) is 2.30. The molecule has 0 spiro atoms. The molecule has 0 bridgehead atoms. The summed E-state index contributed by atoms with van der Waals surface area (Å²) < 4.78 is 5.42. The van der Waals surface area contributed by atoms with Gasteiger partial charge in [0.25, 0.3) is 0 Å². The number of benzene rings is 1. The number of hydrogen-bond donors (Lipinski definition) is 0. The van der Waals surface area contributed by atoms with Crippen LogP contribution >= 0.6 is 0 Å². The molecule has 2 nitrogen and oxygen atoms in total. The SMILES string of the molecule is CCC(=O)Oc1ccc(CC(C)C)cc1CC(C)C. The summed E-state index contributed by atoms with van der Waals surface area (Å²) in [7, 11) is 0. The largest absolute Gasteiger partial charge is 0.426 e. The lowest BCUT2D eigenvalue weighted by Gasteiger charge is -2.14.